The van der Waals surface area contributed by atoms with Gasteiger partial charge in [-0.3, -0.25) is 0 Å². The molecule has 0 radical (unpaired) electrons. The highest BCUT2D eigenvalue weighted by Gasteiger charge is 2.11. The van der Waals surface area contributed by atoms with Crippen molar-refractivity contribution in [3.05, 3.63) is 83.9 Å². The van der Waals surface area contributed by atoms with Gasteiger partial charge in [-0.25, -0.2) is 0 Å². The summed E-state index contributed by atoms with van der Waals surface area (Å²) in [6.45, 7) is 3.81. The SMILES string of the molecule is C=Cc1ccc(-n2c3ccccc3c3ccc(Cl)cc32)cc1. The molecule has 4 aromatic rings. The summed E-state index contributed by atoms with van der Waals surface area (Å²) in [6.07, 6.45) is 1.85. The molecule has 0 bridgehead atoms. The van der Waals surface area contributed by atoms with Gasteiger partial charge in [0.05, 0.1) is 11.0 Å². The van der Waals surface area contributed by atoms with Crippen LogP contribution in [0, 0.1) is 0 Å². The minimum absolute atomic E-state index is 0.749. The smallest absolute Gasteiger partial charge is 0.0555 e. The lowest BCUT2D eigenvalue weighted by Crippen LogP contribution is -1.93. The van der Waals surface area contributed by atoms with Crippen LogP contribution in [0.1, 0.15) is 5.56 Å². The minimum atomic E-state index is 0.749. The fraction of sp³-hybridized carbons (Fsp3) is 0. The number of benzene rings is 3. The average Bonchev–Trinajstić information content (AvgIpc) is 2.88. The number of nitrogens with zero attached hydrogens (tertiary/aromatic N) is 1. The van der Waals surface area contributed by atoms with Crippen molar-refractivity contribution in [2.45, 2.75) is 0 Å². The monoisotopic (exact) mass is 303 g/mol. The van der Waals surface area contributed by atoms with Gasteiger partial charge in [0, 0.05) is 21.5 Å². The standard InChI is InChI=1S/C20H14ClN/c1-2-14-7-10-16(11-8-14)22-19-6-4-3-5-17(19)18-12-9-15(21)13-20(18)22/h2-13H,1H2. The fourth-order valence-electron chi connectivity index (χ4n) is 2.98. The second kappa shape index (κ2) is 5.04. The molecule has 4 rings (SSSR count). The van der Waals surface area contributed by atoms with Crippen LogP contribution >= 0.6 is 11.6 Å². The Bertz CT molecular complexity index is 994. The minimum Gasteiger partial charge on any atom is -0.309 e. The summed E-state index contributed by atoms with van der Waals surface area (Å²) in [5.41, 5.74) is 4.55. The molecule has 0 aliphatic carbocycles. The van der Waals surface area contributed by atoms with Crippen molar-refractivity contribution in [1.29, 1.82) is 0 Å². The number of rotatable bonds is 2. The van der Waals surface area contributed by atoms with Crippen LogP contribution in [0.4, 0.5) is 0 Å². The van der Waals surface area contributed by atoms with E-state index in [1.54, 1.807) is 0 Å². The average molecular weight is 304 g/mol. The number of hydrogen-bond donors (Lipinski definition) is 0. The molecule has 0 aliphatic heterocycles. The molecule has 106 valence electrons. The molecule has 0 amide bonds. The highest BCUT2D eigenvalue weighted by Crippen LogP contribution is 2.33. The molecule has 1 nitrogen and oxygen atoms in total. The lowest BCUT2D eigenvalue weighted by Gasteiger charge is -2.08. The Labute approximate surface area is 134 Å². The van der Waals surface area contributed by atoms with Crippen LogP contribution in [0.3, 0.4) is 0 Å². The zero-order valence-corrected chi connectivity index (χ0v) is 12.7. The maximum Gasteiger partial charge on any atom is 0.0555 e. The van der Waals surface area contributed by atoms with Crippen LogP contribution < -0.4 is 0 Å². The Hall–Kier alpha value is -2.51. The van der Waals surface area contributed by atoms with Crippen molar-refractivity contribution in [3.63, 3.8) is 0 Å². The van der Waals surface area contributed by atoms with Crippen molar-refractivity contribution in [2.75, 3.05) is 0 Å². The Morgan fingerprint density at radius 2 is 1.55 bits per heavy atom. The first-order valence-corrected chi connectivity index (χ1v) is 7.57. The van der Waals surface area contributed by atoms with E-state index in [-0.39, 0.29) is 0 Å². The molecule has 2 heteroatoms. The third kappa shape index (κ3) is 1.94. The van der Waals surface area contributed by atoms with Gasteiger partial charge >= 0.3 is 0 Å². The largest absolute Gasteiger partial charge is 0.309 e. The molecule has 0 fully saturated rings. The highest BCUT2D eigenvalue weighted by molar-refractivity contribution is 6.31. The van der Waals surface area contributed by atoms with Crippen LogP contribution in [0.5, 0.6) is 0 Å². The van der Waals surface area contributed by atoms with Gasteiger partial charge in [-0.1, -0.05) is 60.7 Å². The number of halogens is 1. The van der Waals surface area contributed by atoms with Gasteiger partial charge in [0.1, 0.15) is 0 Å². The number of para-hydroxylation sites is 1. The summed E-state index contributed by atoms with van der Waals surface area (Å²) in [5, 5.41) is 3.20. The summed E-state index contributed by atoms with van der Waals surface area (Å²) in [6, 6.07) is 22.9. The quantitative estimate of drug-likeness (QED) is 0.423. The van der Waals surface area contributed by atoms with E-state index < -0.39 is 0 Å². The fourth-order valence-corrected chi connectivity index (χ4v) is 3.15. The van der Waals surface area contributed by atoms with E-state index in [0.717, 1.165) is 21.8 Å². The van der Waals surface area contributed by atoms with Gasteiger partial charge in [-0.2, -0.15) is 0 Å². The van der Waals surface area contributed by atoms with E-state index in [2.05, 4.69) is 65.7 Å². The molecule has 0 saturated heterocycles. The van der Waals surface area contributed by atoms with E-state index >= 15 is 0 Å². The molecule has 0 N–H and O–H groups in total. The topological polar surface area (TPSA) is 4.93 Å². The first kappa shape index (κ1) is 13.2. The molecule has 1 aromatic heterocycles. The summed E-state index contributed by atoms with van der Waals surface area (Å²) in [5.74, 6) is 0. The third-order valence-electron chi connectivity index (χ3n) is 4.02. The van der Waals surface area contributed by atoms with Gasteiger partial charge < -0.3 is 4.57 Å². The molecular weight excluding hydrogens is 290 g/mol. The summed E-state index contributed by atoms with van der Waals surface area (Å²) < 4.78 is 2.25. The maximum absolute atomic E-state index is 6.23. The third-order valence-corrected chi connectivity index (χ3v) is 4.26. The lowest BCUT2D eigenvalue weighted by molar-refractivity contribution is 1.18. The summed E-state index contributed by atoms with van der Waals surface area (Å²) in [4.78, 5) is 0. The number of fused-ring (bicyclic) bond motifs is 3. The summed E-state index contributed by atoms with van der Waals surface area (Å²) >= 11 is 6.23. The Morgan fingerprint density at radius 1 is 0.818 bits per heavy atom. The van der Waals surface area contributed by atoms with Crippen LogP contribution in [0.2, 0.25) is 5.02 Å². The van der Waals surface area contributed by atoms with E-state index in [0.29, 0.717) is 0 Å². The highest BCUT2D eigenvalue weighted by atomic mass is 35.5. The van der Waals surface area contributed by atoms with E-state index in [4.69, 9.17) is 11.6 Å². The molecule has 3 aromatic carbocycles. The van der Waals surface area contributed by atoms with E-state index in [1.165, 1.54) is 16.3 Å². The maximum atomic E-state index is 6.23. The second-order valence-electron chi connectivity index (χ2n) is 5.31. The molecule has 22 heavy (non-hydrogen) atoms. The van der Waals surface area contributed by atoms with Crippen molar-refractivity contribution in [3.8, 4) is 5.69 Å². The number of hydrogen-bond acceptors (Lipinski definition) is 0. The molecule has 0 unspecified atom stereocenters. The molecular formula is C20H14ClN. The Balaban J connectivity index is 2.12. The molecule has 1 heterocycles. The van der Waals surface area contributed by atoms with Gasteiger partial charge in [0.2, 0.25) is 0 Å². The molecule has 0 atom stereocenters. The lowest BCUT2D eigenvalue weighted by atomic mass is 10.2. The first-order valence-electron chi connectivity index (χ1n) is 7.19. The Kier molecular flexibility index (Phi) is 3.02. The van der Waals surface area contributed by atoms with E-state index in [1.807, 2.05) is 18.2 Å². The van der Waals surface area contributed by atoms with E-state index in [9.17, 15) is 0 Å². The van der Waals surface area contributed by atoms with Crippen molar-refractivity contribution >= 4 is 39.5 Å². The molecule has 0 aliphatic rings. The zero-order chi connectivity index (χ0) is 15.1. The molecule has 0 saturated carbocycles. The predicted octanol–water partition coefficient (Wildman–Crippen LogP) is 6.08. The summed E-state index contributed by atoms with van der Waals surface area (Å²) in [7, 11) is 0. The van der Waals surface area contributed by atoms with Gasteiger partial charge in [-0.05, 0) is 35.9 Å². The normalized spacial score (nSPS) is 11.1. The van der Waals surface area contributed by atoms with Crippen molar-refractivity contribution in [1.82, 2.24) is 4.57 Å². The Morgan fingerprint density at radius 3 is 2.32 bits per heavy atom. The molecule has 0 spiro atoms. The van der Waals surface area contributed by atoms with Crippen LogP contribution in [0.15, 0.2) is 73.3 Å². The number of aromatic nitrogens is 1. The first-order chi connectivity index (χ1) is 10.8. The van der Waals surface area contributed by atoms with Crippen molar-refractivity contribution in [2.24, 2.45) is 0 Å². The predicted molar refractivity (Wildman–Crippen MR) is 95.9 cm³/mol. The van der Waals surface area contributed by atoms with Gasteiger partial charge in [-0.15, -0.1) is 0 Å². The van der Waals surface area contributed by atoms with Gasteiger partial charge in [0.15, 0.2) is 0 Å². The van der Waals surface area contributed by atoms with Crippen LogP contribution in [-0.2, 0) is 0 Å². The van der Waals surface area contributed by atoms with Crippen molar-refractivity contribution < 1.29 is 0 Å². The van der Waals surface area contributed by atoms with Gasteiger partial charge in [0.25, 0.3) is 0 Å². The van der Waals surface area contributed by atoms with Crippen LogP contribution in [-0.4, -0.2) is 4.57 Å². The second-order valence-corrected chi connectivity index (χ2v) is 5.75. The van der Waals surface area contributed by atoms with Crippen LogP contribution in [0.25, 0.3) is 33.6 Å². The zero-order valence-electron chi connectivity index (χ0n) is 12.0.